The van der Waals surface area contributed by atoms with Gasteiger partial charge >= 0.3 is 0 Å². The summed E-state index contributed by atoms with van der Waals surface area (Å²) in [5, 5.41) is 15.7. The fraction of sp³-hybridized carbons (Fsp3) is 0. The summed E-state index contributed by atoms with van der Waals surface area (Å²) >= 11 is 2.73. The van der Waals surface area contributed by atoms with Gasteiger partial charge in [0.05, 0.1) is 0 Å². The van der Waals surface area contributed by atoms with Gasteiger partial charge in [0.2, 0.25) is 0 Å². The second kappa shape index (κ2) is 2.73. The highest BCUT2D eigenvalue weighted by Gasteiger charge is 1.77. The molecule has 0 heterocycles. The first-order valence-electron chi connectivity index (χ1n) is 1.21. The predicted molar refractivity (Wildman–Crippen MR) is 25.3 cm³/mol. The number of halogens is 1. The molecular weight excluding hydrogens is 146 g/mol. The molecule has 0 aromatic rings. The minimum absolute atomic E-state index is 0.141. The van der Waals surface area contributed by atoms with Crippen molar-refractivity contribution in [3.63, 3.8) is 0 Å². The Balaban J connectivity index is 3.61. The molecule has 32 valence electrons. The van der Waals surface area contributed by atoms with E-state index in [0.29, 0.717) is 6.26 Å². The van der Waals surface area contributed by atoms with Crippen LogP contribution in [0.15, 0.2) is 10.7 Å². The SMILES string of the molecule is N#C/C(Br)=C\O. The van der Waals surface area contributed by atoms with E-state index in [0.717, 1.165) is 0 Å². The Morgan fingerprint density at radius 2 is 2.50 bits per heavy atom. The lowest BCUT2D eigenvalue weighted by molar-refractivity contribution is 0.473. The number of aliphatic hydroxyl groups excluding tert-OH is 1. The van der Waals surface area contributed by atoms with E-state index >= 15 is 0 Å². The highest BCUT2D eigenvalue weighted by molar-refractivity contribution is 9.12. The van der Waals surface area contributed by atoms with E-state index < -0.39 is 0 Å². The van der Waals surface area contributed by atoms with Crippen LogP contribution >= 0.6 is 15.9 Å². The number of hydrogen-bond acceptors (Lipinski definition) is 2. The lowest BCUT2D eigenvalue weighted by atomic mass is 10.7. The Morgan fingerprint density at radius 1 is 2.00 bits per heavy atom. The standard InChI is InChI=1S/C3H2BrNO/c4-3(1-5)2-6/h2,6H/b3-2+. The van der Waals surface area contributed by atoms with Gasteiger partial charge in [-0.15, -0.1) is 0 Å². The fourth-order valence-electron chi connectivity index (χ4n) is 0.0289. The molecule has 2 nitrogen and oxygen atoms in total. The van der Waals surface area contributed by atoms with E-state index in [1.165, 1.54) is 0 Å². The molecule has 0 rings (SSSR count). The van der Waals surface area contributed by atoms with Crippen molar-refractivity contribution in [3.05, 3.63) is 10.7 Å². The minimum Gasteiger partial charge on any atom is -0.514 e. The van der Waals surface area contributed by atoms with Gasteiger partial charge in [-0.1, -0.05) is 0 Å². The molecule has 0 bridgehead atoms. The number of hydrogen-bond donors (Lipinski definition) is 1. The number of allylic oxidation sites excluding steroid dienone is 1. The van der Waals surface area contributed by atoms with Gasteiger partial charge in [-0.3, -0.25) is 0 Å². The molecule has 1 N–H and O–H groups in total. The maximum Gasteiger partial charge on any atom is 0.129 e. The molecule has 6 heavy (non-hydrogen) atoms. The van der Waals surface area contributed by atoms with Crippen molar-refractivity contribution in [2.45, 2.75) is 0 Å². The summed E-state index contributed by atoms with van der Waals surface area (Å²) in [4.78, 5) is 0. The summed E-state index contributed by atoms with van der Waals surface area (Å²) in [5.74, 6) is 0. The topological polar surface area (TPSA) is 44.0 Å². The molecule has 0 aliphatic rings. The number of rotatable bonds is 0. The van der Waals surface area contributed by atoms with Crippen LogP contribution in [0.5, 0.6) is 0 Å². The van der Waals surface area contributed by atoms with Crippen LogP contribution in [-0.4, -0.2) is 5.11 Å². The summed E-state index contributed by atoms with van der Waals surface area (Å²) in [5.41, 5.74) is 0. The molecule has 0 unspecified atom stereocenters. The Bertz CT molecular complexity index is 102. The Hall–Kier alpha value is -0.490. The molecule has 0 aliphatic carbocycles. The quantitative estimate of drug-likeness (QED) is 0.415. The highest BCUT2D eigenvalue weighted by Crippen LogP contribution is 1.97. The van der Waals surface area contributed by atoms with Gasteiger partial charge in [0.15, 0.2) is 0 Å². The van der Waals surface area contributed by atoms with Gasteiger partial charge in [0, 0.05) is 0 Å². The first kappa shape index (κ1) is 5.51. The Morgan fingerprint density at radius 3 is 2.50 bits per heavy atom. The Labute approximate surface area is 43.8 Å². The molecule has 0 fully saturated rings. The van der Waals surface area contributed by atoms with Gasteiger partial charge in [-0.2, -0.15) is 5.26 Å². The fourth-order valence-corrected chi connectivity index (χ4v) is 0.0289. The summed E-state index contributed by atoms with van der Waals surface area (Å²) in [6, 6.07) is 1.64. The van der Waals surface area contributed by atoms with Crippen molar-refractivity contribution in [2.24, 2.45) is 0 Å². The van der Waals surface area contributed by atoms with Gasteiger partial charge in [0.25, 0.3) is 0 Å². The van der Waals surface area contributed by atoms with E-state index in [4.69, 9.17) is 10.4 Å². The van der Waals surface area contributed by atoms with Crippen LogP contribution in [-0.2, 0) is 0 Å². The first-order chi connectivity index (χ1) is 2.81. The third-order valence-corrected chi connectivity index (χ3v) is 0.602. The molecule has 0 aliphatic heterocycles. The van der Waals surface area contributed by atoms with Crippen LogP contribution in [0.1, 0.15) is 0 Å². The van der Waals surface area contributed by atoms with E-state index in [1.54, 1.807) is 6.07 Å². The second-order valence-corrected chi connectivity index (χ2v) is 1.44. The average molecular weight is 148 g/mol. The van der Waals surface area contributed by atoms with Crippen molar-refractivity contribution >= 4 is 15.9 Å². The average Bonchev–Trinajstić information content (AvgIpc) is 1.65. The van der Waals surface area contributed by atoms with Crippen LogP contribution in [0.2, 0.25) is 0 Å². The zero-order valence-electron chi connectivity index (χ0n) is 2.85. The van der Waals surface area contributed by atoms with Gasteiger partial charge < -0.3 is 5.11 Å². The van der Waals surface area contributed by atoms with Crippen molar-refractivity contribution in [2.75, 3.05) is 0 Å². The summed E-state index contributed by atoms with van der Waals surface area (Å²) in [7, 11) is 0. The minimum atomic E-state index is 0.141. The molecule has 0 saturated carbocycles. The van der Waals surface area contributed by atoms with Crippen LogP contribution in [0, 0.1) is 11.3 Å². The molecule has 0 radical (unpaired) electrons. The molecule has 0 aromatic heterocycles. The molecule has 0 amide bonds. The van der Waals surface area contributed by atoms with E-state index in [-0.39, 0.29) is 4.48 Å². The monoisotopic (exact) mass is 147 g/mol. The zero-order valence-corrected chi connectivity index (χ0v) is 4.44. The highest BCUT2D eigenvalue weighted by atomic mass is 79.9. The van der Waals surface area contributed by atoms with Crippen LogP contribution in [0.3, 0.4) is 0 Å². The molecule has 0 saturated heterocycles. The summed E-state index contributed by atoms with van der Waals surface area (Å²) < 4.78 is 0.141. The lowest BCUT2D eigenvalue weighted by Crippen LogP contribution is -1.55. The van der Waals surface area contributed by atoms with Crippen molar-refractivity contribution < 1.29 is 5.11 Å². The molecular formula is C3H2BrNO. The smallest absolute Gasteiger partial charge is 0.129 e. The van der Waals surface area contributed by atoms with Gasteiger partial charge in [-0.25, -0.2) is 0 Å². The maximum atomic E-state index is 7.90. The number of nitriles is 1. The van der Waals surface area contributed by atoms with Crippen LogP contribution in [0.4, 0.5) is 0 Å². The van der Waals surface area contributed by atoms with E-state index in [1.807, 2.05) is 0 Å². The van der Waals surface area contributed by atoms with E-state index in [9.17, 15) is 0 Å². The summed E-state index contributed by atoms with van der Waals surface area (Å²) in [6.07, 6.45) is 0.694. The number of nitrogens with zero attached hydrogens (tertiary/aromatic N) is 1. The third kappa shape index (κ3) is 1.79. The van der Waals surface area contributed by atoms with Crippen LogP contribution < -0.4 is 0 Å². The number of aliphatic hydroxyl groups is 1. The summed E-state index contributed by atoms with van der Waals surface area (Å²) in [6.45, 7) is 0. The second-order valence-electron chi connectivity index (χ2n) is 0.589. The molecule has 0 atom stereocenters. The first-order valence-corrected chi connectivity index (χ1v) is 2.00. The zero-order chi connectivity index (χ0) is 4.99. The normalized spacial score (nSPS) is 10.3. The van der Waals surface area contributed by atoms with Crippen molar-refractivity contribution in [1.82, 2.24) is 0 Å². The van der Waals surface area contributed by atoms with Crippen molar-refractivity contribution in [1.29, 1.82) is 5.26 Å². The maximum absolute atomic E-state index is 7.90. The lowest BCUT2D eigenvalue weighted by Gasteiger charge is -1.67. The van der Waals surface area contributed by atoms with Gasteiger partial charge in [-0.05, 0) is 15.9 Å². The molecule has 3 heteroatoms. The molecule has 0 spiro atoms. The Kier molecular flexibility index (Phi) is 2.51. The van der Waals surface area contributed by atoms with Crippen molar-refractivity contribution in [3.8, 4) is 6.07 Å². The largest absolute Gasteiger partial charge is 0.514 e. The predicted octanol–water partition coefficient (Wildman–Crippen LogP) is 1.30. The van der Waals surface area contributed by atoms with E-state index in [2.05, 4.69) is 15.9 Å². The molecule has 0 aromatic carbocycles. The third-order valence-electron chi connectivity index (χ3n) is 0.220. The van der Waals surface area contributed by atoms with Gasteiger partial charge in [0.1, 0.15) is 16.8 Å². The van der Waals surface area contributed by atoms with Crippen LogP contribution in [0.25, 0.3) is 0 Å².